The fourth-order valence-corrected chi connectivity index (χ4v) is 4.93. The van der Waals surface area contributed by atoms with Crippen LogP contribution < -0.4 is 49.0 Å². The molecular weight excluding hydrogens is 698 g/mol. The summed E-state index contributed by atoms with van der Waals surface area (Å²) < 4.78 is 0. The normalized spacial score (nSPS) is 12.2. The predicted octanol–water partition coefficient (Wildman–Crippen LogP) is 1.22. The molecule has 6 rings (SSSR count). The molecular formula is C38H29N7O9. The Bertz CT molecular complexity index is 2770. The summed E-state index contributed by atoms with van der Waals surface area (Å²) in [5.41, 5.74) is 0.615. The number of rotatable bonds is 7. The van der Waals surface area contributed by atoms with E-state index in [1.165, 1.54) is 55.5 Å². The van der Waals surface area contributed by atoms with Crippen LogP contribution in [-0.2, 0) is 4.79 Å². The van der Waals surface area contributed by atoms with Crippen molar-refractivity contribution in [2.75, 3.05) is 5.32 Å². The van der Waals surface area contributed by atoms with Gasteiger partial charge in [0.2, 0.25) is 5.91 Å². The van der Waals surface area contributed by atoms with E-state index in [-0.39, 0.29) is 44.2 Å². The second-order valence-corrected chi connectivity index (χ2v) is 11.5. The van der Waals surface area contributed by atoms with E-state index in [2.05, 4.69) is 25.3 Å². The smallest absolute Gasteiger partial charge is 0.272 e. The number of amides is 1. The standard InChI is InChI=1S/C20H17N3O3.C18H12N4O6/c1-13(24)21-16-9-7-15(8-10-16)12-18-20(26)22-17(19(25)23-18)11-14-5-3-2-4-6-14;23-17-15(9-11-3-1-5-13(7-11)21(25)26)19-18(24)16(20-17)10-12-4-2-6-14(8-12)22(27)28/h2-12H,1H3,(H,21,24)(H,22,26)(H,23,25);1-10H,(H,19,24)(H,20,23). The Balaban J connectivity index is 0.000000208. The third-order valence-corrected chi connectivity index (χ3v) is 7.41. The summed E-state index contributed by atoms with van der Waals surface area (Å²) in [6.07, 6.45) is 5.81. The number of carbonyl (C=O) groups excluding carboxylic acids is 1. The molecule has 16 nitrogen and oxygen atoms in total. The number of carbonyl (C=O) groups is 1. The minimum atomic E-state index is -0.622. The first kappa shape index (κ1) is 37.3. The van der Waals surface area contributed by atoms with Crippen molar-refractivity contribution in [1.82, 2.24) is 19.9 Å². The lowest BCUT2D eigenvalue weighted by atomic mass is 10.2. The van der Waals surface area contributed by atoms with Gasteiger partial charge in [0.15, 0.2) is 0 Å². The van der Waals surface area contributed by atoms with Crippen LogP contribution in [0.15, 0.2) is 122 Å². The lowest BCUT2D eigenvalue weighted by Crippen LogP contribution is -2.46. The van der Waals surface area contributed by atoms with E-state index in [4.69, 9.17) is 0 Å². The molecule has 6 aromatic rings. The summed E-state index contributed by atoms with van der Waals surface area (Å²) in [5.74, 6) is -0.159. The maximum Gasteiger partial charge on any atom is 0.272 e. The van der Waals surface area contributed by atoms with Gasteiger partial charge in [-0.3, -0.25) is 44.2 Å². The molecule has 5 N–H and O–H groups in total. The number of benzene rings is 4. The Morgan fingerprint density at radius 1 is 0.519 bits per heavy atom. The molecule has 16 heteroatoms. The van der Waals surface area contributed by atoms with E-state index < -0.39 is 26.5 Å². The summed E-state index contributed by atoms with van der Waals surface area (Å²) in [4.78, 5) is 90.6. The average Bonchev–Trinajstić information content (AvgIpc) is 3.14. The van der Waals surface area contributed by atoms with Gasteiger partial charge in [0, 0.05) is 36.9 Å². The molecule has 0 fully saturated rings. The van der Waals surface area contributed by atoms with Crippen molar-refractivity contribution in [2.45, 2.75) is 6.92 Å². The zero-order chi connectivity index (χ0) is 38.8. The van der Waals surface area contributed by atoms with Gasteiger partial charge >= 0.3 is 0 Å². The van der Waals surface area contributed by atoms with Crippen molar-refractivity contribution in [2.24, 2.45) is 0 Å². The molecule has 0 unspecified atom stereocenters. The van der Waals surface area contributed by atoms with Crippen molar-refractivity contribution >= 4 is 47.3 Å². The number of aromatic nitrogens is 4. The second-order valence-electron chi connectivity index (χ2n) is 11.5. The predicted molar refractivity (Wildman–Crippen MR) is 202 cm³/mol. The molecule has 0 aliphatic heterocycles. The van der Waals surface area contributed by atoms with Crippen LogP contribution in [-0.4, -0.2) is 35.7 Å². The van der Waals surface area contributed by atoms with Crippen molar-refractivity contribution in [3.05, 3.63) is 208 Å². The Kier molecular flexibility index (Phi) is 11.6. The Morgan fingerprint density at radius 3 is 1.24 bits per heavy atom. The molecule has 270 valence electrons. The van der Waals surface area contributed by atoms with Gasteiger partial charge in [0.05, 0.1) is 9.85 Å². The monoisotopic (exact) mass is 727 g/mol. The molecule has 0 saturated carbocycles. The number of nitrogens with one attached hydrogen (secondary N) is 5. The van der Waals surface area contributed by atoms with Crippen LogP contribution >= 0.6 is 0 Å². The van der Waals surface area contributed by atoms with Gasteiger partial charge in [-0.1, -0.05) is 66.7 Å². The molecule has 54 heavy (non-hydrogen) atoms. The van der Waals surface area contributed by atoms with E-state index in [1.54, 1.807) is 48.6 Å². The molecule has 0 radical (unpaired) electrons. The maximum absolute atomic E-state index is 12.3. The van der Waals surface area contributed by atoms with Gasteiger partial charge < -0.3 is 25.3 Å². The highest BCUT2D eigenvalue weighted by Gasteiger charge is 2.06. The Labute approximate surface area is 302 Å². The van der Waals surface area contributed by atoms with Gasteiger partial charge in [0.25, 0.3) is 33.6 Å². The van der Waals surface area contributed by atoms with Crippen LogP contribution in [0, 0.1) is 20.2 Å². The van der Waals surface area contributed by atoms with Crippen LogP contribution in [0.5, 0.6) is 0 Å². The third-order valence-electron chi connectivity index (χ3n) is 7.41. The maximum atomic E-state index is 12.3. The summed E-state index contributed by atoms with van der Waals surface area (Å²) >= 11 is 0. The second kappa shape index (κ2) is 16.8. The molecule has 2 heterocycles. The topological polar surface area (TPSA) is 247 Å². The summed E-state index contributed by atoms with van der Waals surface area (Å²) in [7, 11) is 0. The first-order chi connectivity index (χ1) is 25.8. The van der Waals surface area contributed by atoms with Gasteiger partial charge in [0.1, 0.15) is 21.4 Å². The molecule has 4 aromatic carbocycles. The molecule has 0 atom stereocenters. The van der Waals surface area contributed by atoms with E-state index in [1.807, 2.05) is 30.3 Å². The minimum absolute atomic E-state index is 0.0818. The highest BCUT2D eigenvalue weighted by atomic mass is 16.6. The quantitative estimate of drug-likeness (QED) is 0.117. The lowest BCUT2D eigenvalue weighted by Gasteiger charge is -2.01. The van der Waals surface area contributed by atoms with Crippen molar-refractivity contribution in [3.8, 4) is 0 Å². The fourth-order valence-electron chi connectivity index (χ4n) is 4.93. The molecule has 0 aliphatic carbocycles. The lowest BCUT2D eigenvalue weighted by molar-refractivity contribution is -0.385. The van der Waals surface area contributed by atoms with Gasteiger partial charge in [-0.25, -0.2) is 0 Å². The Hall–Kier alpha value is -8.01. The van der Waals surface area contributed by atoms with Gasteiger partial charge in [-0.2, -0.15) is 0 Å². The highest BCUT2D eigenvalue weighted by Crippen LogP contribution is 2.14. The third kappa shape index (κ3) is 10.0. The molecule has 0 bridgehead atoms. The molecule has 0 aliphatic rings. The average molecular weight is 728 g/mol. The van der Waals surface area contributed by atoms with E-state index in [0.717, 1.165) is 11.1 Å². The zero-order valence-electron chi connectivity index (χ0n) is 28.2. The number of hydrogen-bond acceptors (Lipinski definition) is 9. The highest BCUT2D eigenvalue weighted by molar-refractivity contribution is 5.88. The van der Waals surface area contributed by atoms with Crippen LogP contribution in [0.4, 0.5) is 17.1 Å². The zero-order valence-corrected chi connectivity index (χ0v) is 28.2. The van der Waals surface area contributed by atoms with Crippen molar-refractivity contribution in [3.63, 3.8) is 0 Å². The number of aromatic amines is 4. The number of hydrogen-bond donors (Lipinski definition) is 5. The van der Waals surface area contributed by atoms with Crippen LogP contribution in [0.3, 0.4) is 0 Å². The van der Waals surface area contributed by atoms with Crippen molar-refractivity contribution in [1.29, 1.82) is 0 Å². The number of H-pyrrole nitrogens is 4. The summed E-state index contributed by atoms with van der Waals surface area (Å²) in [6.45, 7) is 1.43. The first-order valence-corrected chi connectivity index (χ1v) is 15.9. The first-order valence-electron chi connectivity index (χ1n) is 15.9. The SMILES string of the molecule is CC(=O)Nc1ccc(C=c2[nH]c(=O)c(=Cc3ccccc3)[nH]c2=O)cc1.O=c1[nH]c(=Cc2cccc([N+](=O)[O-])c2)c(=O)[nH]c1=Cc1cccc([N+](=O)[O-])c1. The minimum Gasteiger partial charge on any atom is -0.326 e. The number of nitrogens with zero attached hydrogens (tertiary/aromatic N) is 2. The number of nitro groups is 2. The van der Waals surface area contributed by atoms with Crippen LogP contribution in [0.25, 0.3) is 24.3 Å². The van der Waals surface area contributed by atoms with Crippen LogP contribution in [0.2, 0.25) is 0 Å². The van der Waals surface area contributed by atoms with E-state index in [9.17, 15) is 44.2 Å². The molecule has 2 aromatic heterocycles. The van der Waals surface area contributed by atoms with Crippen LogP contribution in [0.1, 0.15) is 29.2 Å². The van der Waals surface area contributed by atoms with E-state index in [0.29, 0.717) is 16.8 Å². The summed E-state index contributed by atoms with van der Waals surface area (Å²) in [5, 5.41) is 24.5. The van der Waals surface area contributed by atoms with Gasteiger partial charge in [-0.05, 0) is 58.7 Å². The number of non-ortho nitro benzene ring substituents is 2. The Morgan fingerprint density at radius 2 is 0.870 bits per heavy atom. The summed E-state index contributed by atoms with van der Waals surface area (Å²) in [6, 6.07) is 27.3. The molecule has 0 spiro atoms. The number of anilines is 1. The fraction of sp³-hybridized carbons (Fsp3) is 0.0263. The van der Waals surface area contributed by atoms with Crippen molar-refractivity contribution < 1.29 is 14.6 Å². The van der Waals surface area contributed by atoms with E-state index >= 15 is 0 Å². The largest absolute Gasteiger partial charge is 0.326 e. The number of nitro benzene ring substituents is 2. The van der Waals surface area contributed by atoms with Gasteiger partial charge in [-0.15, -0.1) is 0 Å². The molecule has 1 amide bonds. The molecule has 0 saturated heterocycles.